The number of allylic oxidation sites excluding steroid dienone is 4. The van der Waals surface area contributed by atoms with Gasteiger partial charge in [0.25, 0.3) is 0 Å². The fraction of sp³-hybridized carbons (Fsp3) is 0.333. The van der Waals surface area contributed by atoms with E-state index in [4.69, 9.17) is 0 Å². The van der Waals surface area contributed by atoms with E-state index in [9.17, 15) is 0 Å². The molecule has 0 heterocycles. The largest absolute Gasteiger partial charge is 0.387 e. The molecule has 4 nitrogen and oxygen atoms in total. The lowest BCUT2D eigenvalue weighted by Crippen LogP contribution is -2.27. The van der Waals surface area contributed by atoms with Crippen LogP contribution in [0.2, 0.25) is 0 Å². The second-order valence-electron chi connectivity index (χ2n) is 7.05. The van der Waals surface area contributed by atoms with E-state index in [1.54, 1.807) is 0 Å². The first-order valence-corrected chi connectivity index (χ1v) is 10.3. The van der Waals surface area contributed by atoms with Crippen LogP contribution in [-0.4, -0.2) is 26.2 Å². The van der Waals surface area contributed by atoms with Crippen LogP contribution < -0.4 is 21.3 Å². The molecule has 2 aromatic rings. The fourth-order valence-electron chi connectivity index (χ4n) is 3.15. The summed E-state index contributed by atoms with van der Waals surface area (Å²) in [7, 11) is 0. The zero-order chi connectivity index (χ0) is 19.3. The molecule has 0 aliphatic heterocycles. The van der Waals surface area contributed by atoms with Gasteiger partial charge in [-0.05, 0) is 42.2 Å². The van der Waals surface area contributed by atoms with Crippen molar-refractivity contribution in [1.29, 1.82) is 0 Å². The number of hydrogen-bond acceptors (Lipinski definition) is 4. The van der Waals surface area contributed by atoms with Crippen molar-refractivity contribution in [3.63, 3.8) is 0 Å². The van der Waals surface area contributed by atoms with Gasteiger partial charge in [0.2, 0.25) is 0 Å². The van der Waals surface area contributed by atoms with Crippen molar-refractivity contribution < 1.29 is 0 Å². The van der Waals surface area contributed by atoms with Gasteiger partial charge in [0.1, 0.15) is 0 Å². The Kier molecular flexibility index (Phi) is 8.66. The monoisotopic (exact) mass is 376 g/mol. The second kappa shape index (κ2) is 12.0. The van der Waals surface area contributed by atoms with Crippen LogP contribution in [0.4, 0.5) is 5.69 Å². The Morgan fingerprint density at radius 1 is 0.679 bits per heavy atom. The molecule has 3 rings (SSSR count). The number of anilines is 1. The molecule has 0 atom stereocenters. The molecule has 4 N–H and O–H groups in total. The Bertz CT molecular complexity index is 735. The molecule has 1 aliphatic carbocycles. The predicted molar refractivity (Wildman–Crippen MR) is 119 cm³/mol. The van der Waals surface area contributed by atoms with E-state index in [1.807, 2.05) is 6.07 Å². The van der Waals surface area contributed by atoms with Crippen LogP contribution in [0.15, 0.2) is 78.5 Å². The third kappa shape index (κ3) is 7.59. The van der Waals surface area contributed by atoms with Crippen LogP contribution in [0, 0.1) is 0 Å². The number of nitrogens with one attached hydrogen (secondary N) is 4. The van der Waals surface area contributed by atoms with Crippen molar-refractivity contribution >= 4 is 5.69 Å². The van der Waals surface area contributed by atoms with E-state index in [1.165, 1.54) is 22.5 Å². The minimum Gasteiger partial charge on any atom is -0.387 e. The number of para-hydroxylation sites is 1. The third-order valence-electron chi connectivity index (χ3n) is 4.75. The molecule has 0 saturated carbocycles. The van der Waals surface area contributed by atoms with Gasteiger partial charge in [0.05, 0.1) is 0 Å². The first-order chi connectivity index (χ1) is 13.9. The molecule has 28 heavy (non-hydrogen) atoms. The zero-order valence-corrected chi connectivity index (χ0v) is 16.6. The highest BCUT2D eigenvalue weighted by molar-refractivity contribution is 5.42. The molecular formula is C24H32N4. The van der Waals surface area contributed by atoms with Crippen LogP contribution in [0.1, 0.15) is 24.0 Å². The first-order valence-electron chi connectivity index (χ1n) is 10.3. The van der Waals surface area contributed by atoms with Gasteiger partial charge in [-0.25, -0.2) is 0 Å². The van der Waals surface area contributed by atoms with Crippen LogP contribution in [0.3, 0.4) is 0 Å². The van der Waals surface area contributed by atoms with Gasteiger partial charge in [-0.2, -0.15) is 0 Å². The number of hydrogen-bond donors (Lipinski definition) is 4. The van der Waals surface area contributed by atoms with Gasteiger partial charge in [-0.15, -0.1) is 0 Å². The average Bonchev–Trinajstić information content (AvgIpc) is 2.76. The van der Waals surface area contributed by atoms with Crippen molar-refractivity contribution in [2.75, 3.05) is 31.5 Å². The van der Waals surface area contributed by atoms with Gasteiger partial charge < -0.3 is 21.3 Å². The molecule has 4 heteroatoms. The lowest BCUT2D eigenvalue weighted by atomic mass is 10.1. The highest BCUT2D eigenvalue weighted by atomic mass is 14.9. The van der Waals surface area contributed by atoms with Crippen LogP contribution in [0.25, 0.3) is 0 Å². The molecular weight excluding hydrogens is 344 g/mol. The molecule has 0 unspecified atom stereocenters. The summed E-state index contributed by atoms with van der Waals surface area (Å²) in [4.78, 5) is 0. The Hall–Kier alpha value is -2.56. The van der Waals surface area contributed by atoms with Gasteiger partial charge in [0.15, 0.2) is 0 Å². The van der Waals surface area contributed by atoms with E-state index in [0.29, 0.717) is 0 Å². The van der Waals surface area contributed by atoms with Gasteiger partial charge in [-0.1, -0.05) is 54.6 Å². The number of rotatable bonds is 12. The maximum atomic E-state index is 3.50. The quantitative estimate of drug-likeness (QED) is 0.426. The molecule has 0 aromatic heterocycles. The molecule has 2 aromatic carbocycles. The molecule has 0 radical (unpaired) electrons. The maximum Gasteiger partial charge on any atom is 0.0340 e. The minimum absolute atomic E-state index is 0.900. The molecule has 0 saturated heterocycles. The summed E-state index contributed by atoms with van der Waals surface area (Å²) in [5, 5.41) is 13.9. The fourth-order valence-corrected chi connectivity index (χ4v) is 3.15. The topological polar surface area (TPSA) is 48.1 Å². The highest BCUT2D eigenvalue weighted by Gasteiger charge is 1.99. The van der Waals surface area contributed by atoms with Crippen molar-refractivity contribution in [3.05, 3.63) is 89.6 Å². The van der Waals surface area contributed by atoms with E-state index in [-0.39, 0.29) is 0 Å². The van der Waals surface area contributed by atoms with E-state index in [2.05, 4.69) is 88.0 Å². The standard InChI is InChI=1S/C24H32N4/c1-3-7-23(8-4-1)27-17-15-25-19-21-11-13-22(14-12-21)20-26-16-18-28-24-9-5-2-6-10-24/h1-5,7-9,11-14,25-28H,6,10,15-20H2. The minimum atomic E-state index is 0.900. The Labute approximate surface area is 169 Å². The van der Waals surface area contributed by atoms with Gasteiger partial charge in [0, 0.05) is 50.7 Å². The average molecular weight is 377 g/mol. The summed E-state index contributed by atoms with van der Waals surface area (Å²) >= 11 is 0. The summed E-state index contributed by atoms with van der Waals surface area (Å²) < 4.78 is 0. The van der Waals surface area contributed by atoms with Crippen molar-refractivity contribution in [1.82, 2.24) is 16.0 Å². The first kappa shape index (κ1) is 20.2. The Balaban J connectivity index is 1.24. The number of benzene rings is 2. The van der Waals surface area contributed by atoms with Crippen LogP contribution in [-0.2, 0) is 13.1 Å². The summed E-state index contributed by atoms with van der Waals surface area (Å²) in [6, 6.07) is 19.2. The molecule has 148 valence electrons. The molecule has 0 bridgehead atoms. The zero-order valence-electron chi connectivity index (χ0n) is 16.6. The van der Waals surface area contributed by atoms with Crippen LogP contribution in [0.5, 0.6) is 0 Å². The van der Waals surface area contributed by atoms with E-state index >= 15 is 0 Å². The summed E-state index contributed by atoms with van der Waals surface area (Å²) in [5.41, 5.74) is 5.17. The van der Waals surface area contributed by atoms with Crippen molar-refractivity contribution in [3.8, 4) is 0 Å². The van der Waals surface area contributed by atoms with E-state index in [0.717, 1.165) is 52.1 Å². The SMILES string of the molecule is C1=CCCC(NCCNCc2ccc(CNCCNc3ccccc3)cc2)=C1. The molecule has 0 spiro atoms. The smallest absolute Gasteiger partial charge is 0.0340 e. The molecule has 0 fully saturated rings. The third-order valence-corrected chi connectivity index (χ3v) is 4.75. The predicted octanol–water partition coefficient (Wildman–Crippen LogP) is 3.80. The second-order valence-corrected chi connectivity index (χ2v) is 7.05. The van der Waals surface area contributed by atoms with E-state index < -0.39 is 0 Å². The summed E-state index contributed by atoms with van der Waals surface area (Å²) in [6.45, 7) is 5.62. The summed E-state index contributed by atoms with van der Waals surface area (Å²) in [5.74, 6) is 0. The summed E-state index contributed by atoms with van der Waals surface area (Å²) in [6.07, 6.45) is 8.80. The van der Waals surface area contributed by atoms with Crippen LogP contribution >= 0.6 is 0 Å². The van der Waals surface area contributed by atoms with Gasteiger partial charge >= 0.3 is 0 Å². The lowest BCUT2D eigenvalue weighted by molar-refractivity contribution is 0.638. The normalized spacial score (nSPS) is 13.2. The Morgan fingerprint density at radius 2 is 1.32 bits per heavy atom. The molecule has 0 amide bonds. The Morgan fingerprint density at radius 3 is 1.93 bits per heavy atom. The highest BCUT2D eigenvalue weighted by Crippen LogP contribution is 2.08. The molecule has 1 aliphatic rings. The van der Waals surface area contributed by atoms with Gasteiger partial charge in [-0.3, -0.25) is 0 Å². The van der Waals surface area contributed by atoms with Crippen molar-refractivity contribution in [2.24, 2.45) is 0 Å². The maximum absolute atomic E-state index is 3.50. The van der Waals surface area contributed by atoms with Crippen molar-refractivity contribution in [2.45, 2.75) is 25.9 Å². The lowest BCUT2D eigenvalue weighted by Gasteiger charge is -2.12.